The van der Waals surface area contributed by atoms with Gasteiger partial charge in [0.25, 0.3) is 0 Å². The second-order valence-corrected chi connectivity index (χ2v) is 19.5. The summed E-state index contributed by atoms with van der Waals surface area (Å²) in [6.07, 6.45) is 1.13. The molecule has 0 aliphatic rings. The van der Waals surface area contributed by atoms with Crippen molar-refractivity contribution in [3.8, 4) is 11.5 Å². The maximum atomic E-state index is 12.5. The summed E-state index contributed by atoms with van der Waals surface area (Å²) in [4.78, 5) is 47.4. The second-order valence-electron chi connectivity index (χ2n) is 10.7. The lowest BCUT2D eigenvalue weighted by Gasteiger charge is -2.34. The Balaban J connectivity index is 1.79. The van der Waals surface area contributed by atoms with E-state index in [2.05, 4.69) is 26.2 Å². The van der Waals surface area contributed by atoms with E-state index in [0.29, 0.717) is 18.9 Å². The summed E-state index contributed by atoms with van der Waals surface area (Å²) in [6, 6.07) is 8.99. The van der Waals surface area contributed by atoms with E-state index >= 15 is 0 Å². The fourth-order valence-corrected chi connectivity index (χ4v) is 13.2. The zero-order valence-corrected chi connectivity index (χ0v) is 26.6. The molecule has 0 radical (unpaired) electrons. The maximum Gasteiger partial charge on any atom is 0.338 e. The van der Waals surface area contributed by atoms with Crippen LogP contribution in [0.3, 0.4) is 0 Å². The van der Waals surface area contributed by atoms with Crippen molar-refractivity contribution >= 4 is 40.5 Å². The van der Waals surface area contributed by atoms with Gasteiger partial charge >= 0.3 is 23.9 Å². The van der Waals surface area contributed by atoms with Crippen molar-refractivity contribution in [3.63, 3.8) is 0 Å². The minimum atomic E-state index is -2.14. The second kappa shape index (κ2) is 16.2. The van der Waals surface area contributed by atoms with E-state index in [0.717, 1.165) is 18.2 Å². The molecule has 0 saturated carbocycles. The van der Waals surface area contributed by atoms with Crippen molar-refractivity contribution in [1.82, 2.24) is 0 Å². The van der Waals surface area contributed by atoms with Crippen LogP contribution in [0.15, 0.2) is 36.4 Å². The van der Waals surface area contributed by atoms with Crippen molar-refractivity contribution in [2.75, 3.05) is 26.8 Å². The molecule has 0 atom stereocenters. The number of carbonyl (C=O) groups is 4. The monoisotopic (exact) mass is 638 g/mol. The van der Waals surface area contributed by atoms with E-state index in [1.807, 2.05) is 0 Å². The fourth-order valence-electron chi connectivity index (χ4n) is 4.38. The summed E-state index contributed by atoms with van der Waals surface area (Å²) < 4.78 is 27.2. The van der Waals surface area contributed by atoms with Gasteiger partial charge in [-0.3, -0.25) is 0 Å². The molecule has 15 heteroatoms. The number of carboxylic acids is 2. The average Bonchev–Trinajstić information content (AvgIpc) is 2.93. The molecule has 0 fully saturated rings. The van der Waals surface area contributed by atoms with Crippen LogP contribution in [-0.4, -0.2) is 87.7 Å². The van der Waals surface area contributed by atoms with Gasteiger partial charge in [0.1, 0.15) is 0 Å². The summed E-state index contributed by atoms with van der Waals surface area (Å²) in [7, 11) is -4.26. The lowest BCUT2D eigenvalue weighted by atomic mass is 10.0. The molecular formula is C28H38O13Si2. The number of rotatable bonds is 18. The average molecular weight is 639 g/mol. The molecule has 43 heavy (non-hydrogen) atoms. The predicted octanol–water partition coefficient (Wildman–Crippen LogP) is 3.96. The molecule has 0 unspecified atom stereocenters. The Morgan fingerprint density at radius 3 is 1.60 bits per heavy atom. The topological polar surface area (TPSA) is 195 Å². The first-order chi connectivity index (χ1) is 20.2. The zero-order chi connectivity index (χ0) is 32.2. The smallest absolute Gasteiger partial charge is 0.338 e. The molecule has 0 aliphatic heterocycles. The first-order valence-electron chi connectivity index (χ1n) is 13.5. The van der Waals surface area contributed by atoms with E-state index in [1.54, 1.807) is 0 Å². The van der Waals surface area contributed by atoms with Crippen LogP contribution in [-0.2, 0) is 13.6 Å². The highest BCUT2D eigenvalue weighted by Gasteiger charge is 2.32. The minimum absolute atomic E-state index is 0.0453. The van der Waals surface area contributed by atoms with E-state index in [4.69, 9.17) is 38.4 Å². The van der Waals surface area contributed by atoms with Gasteiger partial charge in [-0.25, -0.2) is 19.2 Å². The highest BCUT2D eigenvalue weighted by molar-refractivity contribution is 6.84. The molecule has 4 N–H and O–H groups in total. The Labute approximate surface area is 251 Å². The van der Waals surface area contributed by atoms with Crippen LogP contribution in [0.1, 0.15) is 54.3 Å². The number of carboxylic acid groups (broad SMARTS) is 2. The van der Waals surface area contributed by atoms with Gasteiger partial charge in [0.05, 0.1) is 35.5 Å². The molecule has 0 bridgehead atoms. The first-order valence-corrected chi connectivity index (χ1v) is 19.7. The van der Waals surface area contributed by atoms with Crippen LogP contribution in [0.5, 0.6) is 11.5 Å². The normalized spacial score (nSPS) is 11.5. The number of esters is 2. The van der Waals surface area contributed by atoms with Crippen LogP contribution in [0.4, 0.5) is 0 Å². The van der Waals surface area contributed by atoms with Crippen LogP contribution in [0, 0.1) is 0 Å². The van der Waals surface area contributed by atoms with Crippen LogP contribution in [0.2, 0.25) is 38.3 Å². The molecule has 236 valence electrons. The van der Waals surface area contributed by atoms with E-state index in [1.165, 1.54) is 24.3 Å². The summed E-state index contributed by atoms with van der Waals surface area (Å²) in [5.74, 6) is -3.90. The number of benzene rings is 2. The standard InChI is InChI=1S/C28H38O13Si2/c1-42(2,13-5-11-37-27(35)19-7-9-21(25(31)32)22(15-19)26(33)34)41-43(3,4)14-6-12-38-28(36)20-8-10-23(39-17-29)24(16-20)40-18-30/h7-10,15-16,29-30H,5-6,11-14,17-18H2,1-4H3,(H,31,32)(H,33,34). The van der Waals surface area contributed by atoms with Crippen molar-refractivity contribution in [1.29, 1.82) is 0 Å². The molecule has 0 aromatic heterocycles. The van der Waals surface area contributed by atoms with Crippen molar-refractivity contribution in [2.24, 2.45) is 0 Å². The van der Waals surface area contributed by atoms with Gasteiger partial charge in [-0.1, -0.05) is 0 Å². The Hall–Kier alpha value is -3.77. The van der Waals surface area contributed by atoms with E-state index < -0.39 is 65.2 Å². The van der Waals surface area contributed by atoms with Crippen molar-refractivity contribution in [3.05, 3.63) is 58.7 Å². The van der Waals surface area contributed by atoms with Gasteiger partial charge in [0.2, 0.25) is 0 Å². The third kappa shape index (κ3) is 11.4. The number of aromatic carboxylic acids is 2. The summed E-state index contributed by atoms with van der Waals surface area (Å²) in [5.41, 5.74) is -0.746. The Bertz CT molecular complexity index is 1290. The Morgan fingerprint density at radius 1 is 0.651 bits per heavy atom. The van der Waals surface area contributed by atoms with Gasteiger partial charge in [-0.2, -0.15) is 0 Å². The van der Waals surface area contributed by atoms with Crippen LogP contribution < -0.4 is 9.47 Å². The number of aliphatic hydroxyl groups excluding tert-OH is 2. The molecular weight excluding hydrogens is 600 g/mol. The van der Waals surface area contributed by atoms with Gasteiger partial charge < -0.3 is 43.5 Å². The highest BCUT2D eigenvalue weighted by atomic mass is 28.4. The number of hydrogen-bond donors (Lipinski definition) is 4. The summed E-state index contributed by atoms with van der Waals surface area (Å²) in [6.45, 7) is 7.36. The van der Waals surface area contributed by atoms with Crippen molar-refractivity contribution in [2.45, 2.75) is 51.1 Å². The summed E-state index contributed by atoms with van der Waals surface area (Å²) >= 11 is 0. The fraction of sp³-hybridized carbons (Fsp3) is 0.429. The molecule has 13 nitrogen and oxygen atoms in total. The molecule has 0 heterocycles. The maximum absolute atomic E-state index is 12.5. The van der Waals surface area contributed by atoms with Gasteiger partial charge in [-0.15, -0.1) is 0 Å². The number of aliphatic hydroxyl groups is 2. The summed E-state index contributed by atoms with van der Waals surface area (Å²) in [5, 5.41) is 36.3. The number of carbonyl (C=O) groups excluding carboxylic acids is 2. The minimum Gasteiger partial charge on any atom is -0.478 e. The molecule has 2 aromatic rings. The number of ether oxygens (including phenoxy) is 4. The quantitative estimate of drug-likeness (QED) is 0.0793. The Morgan fingerprint density at radius 2 is 1.12 bits per heavy atom. The largest absolute Gasteiger partial charge is 0.478 e. The Kier molecular flexibility index (Phi) is 13.3. The molecule has 2 aromatic carbocycles. The first kappa shape index (κ1) is 35.4. The lowest BCUT2D eigenvalue weighted by molar-refractivity contribution is 0.0493. The molecule has 0 amide bonds. The lowest BCUT2D eigenvalue weighted by Crippen LogP contribution is -2.44. The van der Waals surface area contributed by atoms with Crippen LogP contribution in [0.25, 0.3) is 0 Å². The third-order valence-electron chi connectivity index (χ3n) is 6.20. The van der Waals surface area contributed by atoms with Gasteiger partial charge in [-0.05, 0) is 87.5 Å². The van der Waals surface area contributed by atoms with E-state index in [9.17, 15) is 24.3 Å². The molecule has 0 spiro atoms. The zero-order valence-electron chi connectivity index (χ0n) is 24.6. The van der Waals surface area contributed by atoms with Gasteiger partial charge in [0.15, 0.2) is 41.7 Å². The third-order valence-corrected chi connectivity index (χ3v) is 13.7. The molecule has 0 aliphatic carbocycles. The highest BCUT2D eigenvalue weighted by Crippen LogP contribution is 2.29. The predicted molar refractivity (Wildman–Crippen MR) is 158 cm³/mol. The van der Waals surface area contributed by atoms with E-state index in [-0.39, 0.29) is 35.8 Å². The molecule has 2 rings (SSSR count). The number of hydrogen-bond acceptors (Lipinski definition) is 11. The van der Waals surface area contributed by atoms with Gasteiger partial charge in [0, 0.05) is 0 Å². The SMILES string of the molecule is C[Si](C)(CCCOC(=O)c1ccc(OCO)c(OCO)c1)O[Si](C)(C)CCCOC(=O)c1ccc(C(=O)O)c(C(=O)O)c1. The molecule has 0 saturated heterocycles. The van der Waals surface area contributed by atoms with Crippen LogP contribution >= 0.6 is 0 Å². The van der Waals surface area contributed by atoms with Crippen molar-refractivity contribution < 1.29 is 62.7 Å².